The largest absolute Gasteiger partial charge is 0.508 e. The fourth-order valence-electron chi connectivity index (χ4n) is 3.28. The van der Waals surface area contributed by atoms with Crippen LogP contribution in [0.15, 0.2) is 24.3 Å². The fraction of sp³-hybridized carbons (Fsp3) is 0.478. The molecule has 1 aromatic rings. The number of aliphatic carboxylic acids is 1. The molecule has 11 N–H and O–H groups in total. The number of benzene rings is 1. The molecular formula is C23H34N6O8. The molecule has 0 aliphatic heterocycles. The third kappa shape index (κ3) is 10.5. The molecule has 0 saturated carbocycles. The van der Waals surface area contributed by atoms with Crippen molar-refractivity contribution < 1.29 is 39.0 Å². The maximum atomic E-state index is 13.1. The molecule has 5 atom stereocenters. The number of carbonyl (C=O) groups excluding carboxylic acids is 5. The summed E-state index contributed by atoms with van der Waals surface area (Å²) in [6.45, 7) is 3.39. The lowest BCUT2D eigenvalue weighted by Gasteiger charge is -2.28. The minimum Gasteiger partial charge on any atom is -0.508 e. The second-order valence-corrected chi connectivity index (χ2v) is 8.65. The fourth-order valence-corrected chi connectivity index (χ4v) is 3.28. The van der Waals surface area contributed by atoms with E-state index in [1.807, 2.05) is 0 Å². The first-order valence-electron chi connectivity index (χ1n) is 11.5. The zero-order valence-electron chi connectivity index (χ0n) is 20.6. The van der Waals surface area contributed by atoms with Gasteiger partial charge in [0.2, 0.25) is 29.5 Å². The van der Waals surface area contributed by atoms with Crippen LogP contribution in [0.5, 0.6) is 5.75 Å². The summed E-state index contributed by atoms with van der Waals surface area (Å²) in [5.74, 6) is -6.28. The number of amides is 5. The number of hydrogen-bond donors (Lipinski definition) is 8. The number of carboxylic acid groups (broad SMARTS) is 1. The van der Waals surface area contributed by atoms with Crippen molar-refractivity contribution in [1.82, 2.24) is 16.0 Å². The summed E-state index contributed by atoms with van der Waals surface area (Å²) in [6, 6.07) is 0.276. The lowest BCUT2D eigenvalue weighted by molar-refractivity contribution is -0.142. The molecule has 0 heterocycles. The average Bonchev–Trinajstić information content (AvgIpc) is 2.81. The van der Waals surface area contributed by atoms with Crippen molar-refractivity contribution >= 4 is 35.5 Å². The summed E-state index contributed by atoms with van der Waals surface area (Å²) in [7, 11) is 0. The monoisotopic (exact) mass is 522 g/mol. The van der Waals surface area contributed by atoms with E-state index in [1.54, 1.807) is 13.8 Å². The molecule has 0 aliphatic rings. The molecule has 0 fully saturated rings. The number of phenolic OH excluding ortho intramolecular Hbond substituents is 1. The van der Waals surface area contributed by atoms with E-state index in [1.165, 1.54) is 24.3 Å². The van der Waals surface area contributed by atoms with E-state index < -0.39 is 78.4 Å². The van der Waals surface area contributed by atoms with Gasteiger partial charge in [0.05, 0.1) is 18.9 Å². The molecule has 0 bridgehead atoms. The molecule has 0 aliphatic carbocycles. The van der Waals surface area contributed by atoms with Crippen LogP contribution >= 0.6 is 0 Å². The highest BCUT2D eigenvalue weighted by molar-refractivity contribution is 5.97. The van der Waals surface area contributed by atoms with E-state index in [2.05, 4.69) is 16.0 Å². The number of nitrogens with one attached hydrogen (secondary N) is 3. The summed E-state index contributed by atoms with van der Waals surface area (Å²) in [6.07, 6.45) is -0.828. The zero-order chi connectivity index (χ0) is 28.3. The lowest BCUT2D eigenvalue weighted by Crippen LogP contribution is -2.59. The highest BCUT2D eigenvalue weighted by atomic mass is 16.4. The molecule has 1 rings (SSSR count). The maximum Gasteiger partial charge on any atom is 0.326 e. The highest BCUT2D eigenvalue weighted by Crippen LogP contribution is 2.13. The topological polar surface area (TPSA) is 257 Å². The molecule has 1 aromatic carbocycles. The lowest BCUT2D eigenvalue weighted by atomic mass is 9.96. The van der Waals surface area contributed by atoms with Crippen molar-refractivity contribution in [1.29, 1.82) is 0 Å². The smallest absolute Gasteiger partial charge is 0.326 e. The predicted octanol–water partition coefficient (Wildman–Crippen LogP) is -2.40. The summed E-state index contributed by atoms with van der Waals surface area (Å²) in [4.78, 5) is 72.6. The van der Waals surface area contributed by atoms with Crippen molar-refractivity contribution in [3.05, 3.63) is 29.8 Å². The minimum absolute atomic E-state index is 0.00704. The molecule has 14 heteroatoms. The van der Waals surface area contributed by atoms with Crippen molar-refractivity contribution in [3.63, 3.8) is 0 Å². The highest BCUT2D eigenvalue weighted by Gasteiger charge is 2.33. The second-order valence-electron chi connectivity index (χ2n) is 8.65. The molecular weight excluding hydrogens is 488 g/mol. The molecule has 0 saturated heterocycles. The molecule has 204 valence electrons. The van der Waals surface area contributed by atoms with Crippen LogP contribution in [0.1, 0.15) is 38.7 Å². The summed E-state index contributed by atoms with van der Waals surface area (Å²) >= 11 is 0. The van der Waals surface area contributed by atoms with Gasteiger partial charge in [-0.05, 0) is 23.6 Å². The Kier molecular flexibility index (Phi) is 12.0. The van der Waals surface area contributed by atoms with Crippen LogP contribution in [0.4, 0.5) is 0 Å². The third-order valence-corrected chi connectivity index (χ3v) is 5.58. The number of nitrogens with two attached hydrogens (primary N) is 3. The van der Waals surface area contributed by atoms with E-state index in [0.29, 0.717) is 12.0 Å². The Hall–Kier alpha value is -4.20. The Balaban J connectivity index is 3.05. The summed E-state index contributed by atoms with van der Waals surface area (Å²) < 4.78 is 0. The van der Waals surface area contributed by atoms with Crippen molar-refractivity contribution in [2.24, 2.45) is 23.1 Å². The van der Waals surface area contributed by atoms with Gasteiger partial charge in [0.1, 0.15) is 23.9 Å². The molecule has 37 heavy (non-hydrogen) atoms. The van der Waals surface area contributed by atoms with E-state index >= 15 is 0 Å². The van der Waals surface area contributed by atoms with Crippen molar-refractivity contribution in [3.8, 4) is 5.75 Å². The van der Waals surface area contributed by atoms with Crippen LogP contribution in [0, 0.1) is 5.92 Å². The first-order valence-corrected chi connectivity index (χ1v) is 11.5. The van der Waals surface area contributed by atoms with Gasteiger partial charge in [-0.15, -0.1) is 0 Å². The number of phenols is 1. The zero-order valence-corrected chi connectivity index (χ0v) is 20.6. The van der Waals surface area contributed by atoms with E-state index in [4.69, 9.17) is 17.2 Å². The standard InChI is InChI=1S/C23H34N6O8/c1-3-11(2)19(22(35)28-16(23(36)37)8-12-4-6-13(30)7-5-12)29-21(34)15(10-18(26)32)27-20(33)14(24)9-17(25)31/h4-7,11,14-16,19,30H,3,8-10,24H2,1-2H3,(H2,25,31)(H2,26,32)(H,27,33)(H,28,35)(H,29,34)(H,36,37). The number of aromatic hydroxyl groups is 1. The van der Waals surface area contributed by atoms with Gasteiger partial charge < -0.3 is 43.4 Å². The Morgan fingerprint density at radius 3 is 1.86 bits per heavy atom. The molecule has 0 spiro atoms. The second kappa shape index (κ2) is 14.4. The Morgan fingerprint density at radius 2 is 1.38 bits per heavy atom. The number of primary amides is 2. The number of carboxylic acids is 1. The summed E-state index contributed by atoms with van der Waals surface area (Å²) in [5.41, 5.74) is 16.3. The van der Waals surface area contributed by atoms with E-state index in [-0.39, 0.29) is 12.2 Å². The minimum atomic E-state index is -1.52. The molecule has 5 unspecified atom stereocenters. The van der Waals surface area contributed by atoms with Gasteiger partial charge in [-0.2, -0.15) is 0 Å². The first kappa shape index (κ1) is 30.8. The van der Waals surface area contributed by atoms with Gasteiger partial charge in [-0.1, -0.05) is 32.4 Å². The Bertz CT molecular complexity index is 999. The van der Waals surface area contributed by atoms with Crippen LogP contribution in [0.25, 0.3) is 0 Å². The molecule has 14 nitrogen and oxygen atoms in total. The summed E-state index contributed by atoms with van der Waals surface area (Å²) in [5, 5.41) is 26.1. The number of hydrogen-bond acceptors (Lipinski definition) is 8. The number of carbonyl (C=O) groups is 6. The maximum absolute atomic E-state index is 13.1. The van der Waals surface area contributed by atoms with Gasteiger partial charge in [-0.25, -0.2) is 4.79 Å². The molecule has 0 radical (unpaired) electrons. The van der Waals surface area contributed by atoms with Gasteiger partial charge in [-0.3, -0.25) is 24.0 Å². The van der Waals surface area contributed by atoms with Crippen LogP contribution in [0.3, 0.4) is 0 Å². The molecule has 0 aromatic heterocycles. The quantitative estimate of drug-likeness (QED) is 0.122. The first-order chi connectivity index (χ1) is 17.2. The van der Waals surface area contributed by atoms with Crippen LogP contribution in [-0.2, 0) is 35.2 Å². The van der Waals surface area contributed by atoms with Crippen LogP contribution in [-0.4, -0.2) is 69.9 Å². The number of rotatable bonds is 15. The van der Waals surface area contributed by atoms with Crippen LogP contribution < -0.4 is 33.2 Å². The third-order valence-electron chi connectivity index (χ3n) is 5.58. The molecule has 5 amide bonds. The van der Waals surface area contributed by atoms with Crippen LogP contribution in [0.2, 0.25) is 0 Å². The van der Waals surface area contributed by atoms with Crippen molar-refractivity contribution in [2.45, 2.75) is 63.7 Å². The average molecular weight is 523 g/mol. The van der Waals surface area contributed by atoms with Gasteiger partial charge in [0, 0.05) is 6.42 Å². The SMILES string of the molecule is CCC(C)C(NC(=O)C(CC(N)=O)NC(=O)C(N)CC(N)=O)C(=O)NC(Cc1ccc(O)cc1)C(=O)O. The normalized spacial score (nSPS) is 14.8. The van der Waals surface area contributed by atoms with Gasteiger partial charge in [0.15, 0.2) is 0 Å². The van der Waals surface area contributed by atoms with Crippen molar-refractivity contribution in [2.75, 3.05) is 0 Å². The van der Waals surface area contributed by atoms with Gasteiger partial charge >= 0.3 is 5.97 Å². The van der Waals surface area contributed by atoms with E-state index in [0.717, 1.165) is 0 Å². The van der Waals surface area contributed by atoms with E-state index in [9.17, 15) is 39.0 Å². The van der Waals surface area contributed by atoms with Gasteiger partial charge in [0.25, 0.3) is 0 Å². The Labute approximate surface area is 213 Å². The predicted molar refractivity (Wildman–Crippen MR) is 130 cm³/mol. The Morgan fingerprint density at radius 1 is 0.838 bits per heavy atom.